The summed E-state index contributed by atoms with van der Waals surface area (Å²) in [6.45, 7) is 2.13. The highest BCUT2D eigenvalue weighted by Gasteiger charge is 2.06. The molecule has 1 aliphatic carbocycles. The van der Waals surface area contributed by atoms with Gasteiger partial charge in [-0.2, -0.15) is 0 Å². The molecule has 0 fully saturated rings. The number of aryl methyl sites for hydroxylation is 1. The summed E-state index contributed by atoms with van der Waals surface area (Å²) in [6, 6.07) is 8.78. The number of rotatable bonds is 2. The first-order chi connectivity index (χ1) is 7.75. The van der Waals surface area contributed by atoms with E-state index in [4.69, 9.17) is 0 Å². The Hall–Kier alpha value is -0.570. The second kappa shape index (κ2) is 5.67. The normalized spacial score (nSPS) is 21.1. The van der Waals surface area contributed by atoms with E-state index < -0.39 is 0 Å². The molecule has 84 valence electrons. The molecule has 1 aromatic carbocycles. The summed E-state index contributed by atoms with van der Waals surface area (Å²) in [5.74, 6) is 0.641. The predicted octanol–water partition coefficient (Wildman–Crippen LogP) is 5.13. The van der Waals surface area contributed by atoms with Gasteiger partial charge < -0.3 is 0 Å². The van der Waals surface area contributed by atoms with Crippen LogP contribution >= 0.6 is 22.6 Å². The Morgan fingerprint density at radius 1 is 1.31 bits per heavy atom. The molecule has 1 unspecified atom stereocenters. The van der Waals surface area contributed by atoms with Crippen LogP contribution in [0.25, 0.3) is 3.58 Å². The van der Waals surface area contributed by atoms with E-state index in [1.54, 1.807) is 0 Å². The first-order valence-corrected chi connectivity index (χ1v) is 6.94. The molecule has 0 nitrogen and oxygen atoms in total. The molecule has 1 aliphatic rings. The number of hydrogen-bond acceptors (Lipinski definition) is 0. The molecule has 0 heterocycles. The van der Waals surface area contributed by atoms with E-state index in [0.717, 1.165) is 0 Å². The van der Waals surface area contributed by atoms with Gasteiger partial charge in [0.1, 0.15) is 0 Å². The minimum absolute atomic E-state index is 0.641. The van der Waals surface area contributed by atoms with Crippen molar-refractivity contribution < 1.29 is 0 Å². The van der Waals surface area contributed by atoms with Crippen molar-refractivity contribution in [1.29, 1.82) is 0 Å². The van der Waals surface area contributed by atoms with E-state index in [0.29, 0.717) is 5.92 Å². The van der Waals surface area contributed by atoms with Crippen molar-refractivity contribution in [3.05, 3.63) is 53.6 Å². The van der Waals surface area contributed by atoms with Gasteiger partial charge in [0, 0.05) is 3.58 Å². The van der Waals surface area contributed by atoms with Crippen LogP contribution in [0.15, 0.2) is 42.5 Å². The first kappa shape index (κ1) is 11.9. The third-order valence-electron chi connectivity index (χ3n) is 2.98. The van der Waals surface area contributed by atoms with Crippen molar-refractivity contribution in [1.82, 2.24) is 0 Å². The maximum Gasteiger partial charge on any atom is 0.0168 e. The zero-order chi connectivity index (χ0) is 11.4. The van der Waals surface area contributed by atoms with E-state index >= 15 is 0 Å². The van der Waals surface area contributed by atoms with Crippen molar-refractivity contribution in [2.24, 2.45) is 5.92 Å². The fraction of sp³-hybridized carbons (Fsp3) is 0.333. The smallest absolute Gasteiger partial charge is 0.0168 e. The molecule has 0 spiro atoms. The monoisotopic (exact) mass is 324 g/mol. The SMILES string of the molecule is Cc1ccc(/C(I)=C\C2C=CCCC2)cc1. The highest BCUT2D eigenvalue weighted by molar-refractivity contribution is 14.1. The van der Waals surface area contributed by atoms with E-state index in [9.17, 15) is 0 Å². The topological polar surface area (TPSA) is 0 Å². The Labute approximate surface area is 112 Å². The third-order valence-corrected chi connectivity index (χ3v) is 3.96. The Kier molecular flexibility index (Phi) is 4.22. The van der Waals surface area contributed by atoms with Crippen molar-refractivity contribution in [2.75, 3.05) is 0 Å². The van der Waals surface area contributed by atoms with E-state index in [2.05, 4.69) is 72.0 Å². The summed E-state index contributed by atoms with van der Waals surface area (Å²) in [5.41, 5.74) is 2.66. The fourth-order valence-corrected chi connectivity index (χ4v) is 2.80. The Morgan fingerprint density at radius 3 is 2.69 bits per heavy atom. The summed E-state index contributed by atoms with van der Waals surface area (Å²) in [4.78, 5) is 0. The lowest BCUT2D eigenvalue weighted by molar-refractivity contribution is 0.632. The van der Waals surface area contributed by atoms with Gasteiger partial charge in [-0.3, -0.25) is 0 Å². The standard InChI is InChI=1S/C15H17I/c1-12-7-9-14(10-8-12)15(16)11-13-5-3-2-4-6-13/h3,5,7-11,13H,2,4,6H2,1H3/b15-11+. The molecule has 16 heavy (non-hydrogen) atoms. The Bertz CT molecular complexity index is 398. The van der Waals surface area contributed by atoms with Crippen LogP contribution < -0.4 is 0 Å². The zero-order valence-corrected chi connectivity index (χ0v) is 11.8. The third kappa shape index (κ3) is 3.21. The van der Waals surface area contributed by atoms with Crippen LogP contribution in [0.4, 0.5) is 0 Å². The molecular weight excluding hydrogens is 307 g/mol. The quantitative estimate of drug-likeness (QED) is 0.523. The average molecular weight is 324 g/mol. The van der Waals surface area contributed by atoms with Gasteiger partial charge in [0.15, 0.2) is 0 Å². The van der Waals surface area contributed by atoms with Gasteiger partial charge in [0.25, 0.3) is 0 Å². The van der Waals surface area contributed by atoms with Gasteiger partial charge in [-0.25, -0.2) is 0 Å². The maximum atomic E-state index is 2.45. The zero-order valence-electron chi connectivity index (χ0n) is 9.62. The van der Waals surface area contributed by atoms with Crippen LogP contribution in [0.2, 0.25) is 0 Å². The second-order valence-corrected chi connectivity index (χ2v) is 5.57. The lowest BCUT2D eigenvalue weighted by atomic mass is 9.95. The van der Waals surface area contributed by atoms with Crippen molar-refractivity contribution in [3.8, 4) is 0 Å². The molecule has 0 N–H and O–H groups in total. The molecule has 0 aromatic heterocycles. The molecule has 0 saturated heterocycles. The van der Waals surface area contributed by atoms with E-state index in [1.165, 1.54) is 34.0 Å². The molecular formula is C15H17I. The summed E-state index contributed by atoms with van der Waals surface area (Å²) in [7, 11) is 0. The molecule has 0 radical (unpaired) electrons. The van der Waals surface area contributed by atoms with Crippen LogP contribution in [0.5, 0.6) is 0 Å². The number of benzene rings is 1. The van der Waals surface area contributed by atoms with Crippen LogP contribution in [0, 0.1) is 12.8 Å². The van der Waals surface area contributed by atoms with Crippen molar-refractivity contribution in [3.63, 3.8) is 0 Å². The largest absolute Gasteiger partial charge is 0.0879 e. The van der Waals surface area contributed by atoms with Crippen LogP contribution in [-0.4, -0.2) is 0 Å². The summed E-state index contributed by atoms with van der Waals surface area (Å²) < 4.78 is 1.37. The molecule has 0 bridgehead atoms. The summed E-state index contributed by atoms with van der Waals surface area (Å²) >= 11 is 2.45. The highest BCUT2D eigenvalue weighted by Crippen LogP contribution is 2.27. The molecule has 0 aliphatic heterocycles. The van der Waals surface area contributed by atoms with Gasteiger partial charge in [0.2, 0.25) is 0 Å². The van der Waals surface area contributed by atoms with Gasteiger partial charge in [0.05, 0.1) is 0 Å². The maximum absolute atomic E-state index is 2.45. The molecule has 1 heteroatoms. The van der Waals surface area contributed by atoms with Gasteiger partial charge in [-0.15, -0.1) is 0 Å². The minimum Gasteiger partial charge on any atom is -0.0879 e. The van der Waals surface area contributed by atoms with Crippen molar-refractivity contribution in [2.45, 2.75) is 26.2 Å². The van der Waals surface area contributed by atoms with Crippen LogP contribution in [0.3, 0.4) is 0 Å². The second-order valence-electron chi connectivity index (χ2n) is 4.40. The fourth-order valence-electron chi connectivity index (χ4n) is 1.97. The van der Waals surface area contributed by atoms with Gasteiger partial charge >= 0.3 is 0 Å². The first-order valence-electron chi connectivity index (χ1n) is 5.87. The summed E-state index contributed by atoms with van der Waals surface area (Å²) in [5, 5.41) is 0. The van der Waals surface area contributed by atoms with E-state index in [-0.39, 0.29) is 0 Å². The molecule has 0 saturated carbocycles. The minimum atomic E-state index is 0.641. The number of hydrogen-bond donors (Lipinski definition) is 0. The van der Waals surface area contributed by atoms with Gasteiger partial charge in [-0.05, 0) is 60.3 Å². The Morgan fingerprint density at radius 2 is 2.06 bits per heavy atom. The van der Waals surface area contributed by atoms with Crippen LogP contribution in [-0.2, 0) is 0 Å². The van der Waals surface area contributed by atoms with Gasteiger partial charge in [-0.1, -0.05) is 48.1 Å². The predicted molar refractivity (Wildman–Crippen MR) is 79.7 cm³/mol. The van der Waals surface area contributed by atoms with Crippen molar-refractivity contribution >= 4 is 26.2 Å². The van der Waals surface area contributed by atoms with E-state index in [1.807, 2.05) is 0 Å². The molecule has 2 rings (SSSR count). The summed E-state index contributed by atoms with van der Waals surface area (Å²) in [6.07, 6.45) is 10.9. The Balaban J connectivity index is 2.14. The number of allylic oxidation sites excluding steroid dienone is 3. The lowest BCUT2D eigenvalue weighted by Gasteiger charge is -2.13. The number of halogens is 1. The molecule has 0 amide bonds. The molecule has 1 aromatic rings. The molecule has 1 atom stereocenters. The highest BCUT2D eigenvalue weighted by atomic mass is 127. The average Bonchev–Trinajstić information content (AvgIpc) is 2.31. The lowest BCUT2D eigenvalue weighted by Crippen LogP contribution is -1.97. The van der Waals surface area contributed by atoms with Crippen LogP contribution in [0.1, 0.15) is 30.4 Å².